The van der Waals surface area contributed by atoms with Gasteiger partial charge in [0.1, 0.15) is 5.75 Å². The number of nitrogens with one attached hydrogen (secondary N) is 2. The van der Waals surface area contributed by atoms with Crippen LogP contribution in [-0.2, 0) is 11.3 Å². The molecule has 3 rings (SSSR count). The Morgan fingerprint density at radius 1 is 1.26 bits per heavy atom. The van der Waals surface area contributed by atoms with Crippen molar-refractivity contribution in [3.63, 3.8) is 0 Å². The predicted molar refractivity (Wildman–Crippen MR) is 103 cm³/mol. The van der Waals surface area contributed by atoms with Crippen molar-refractivity contribution in [3.05, 3.63) is 41.7 Å². The topological polar surface area (TPSA) is 88.6 Å². The summed E-state index contributed by atoms with van der Waals surface area (Å²) in [6, 6.07) is 8.90. The number of urea groups is 1. The molecule has 0 aliphatic carbocycles. The molecule has 8 heteroatoms. The average molecular weight is 371 g/mol. The molecule has 1 aliphatic rings. The molecule has 1 aliphatic heterocycles. The summed E-state index contributed by atoms with van der Waals surface area (Å²) in [5.74, 6) is 1.32. The number of hydrogen-bond acceptors (Lipinski definition) is 6. The van der Waals surface area contributed by atoms with E-state index in [0.717, 1.165) is 24.5 Å². The lowest BCUT2D eigenvalue weighted by Gasteiger charge is -2.27. The maximum absolute atomic E-state index is 12.3. The van der Waals surface area contributed by atoms with Crippen molar-refractivity contribution >= 4 is 17.7 Å². The molecule has 8 nitrogen and oxygen atoms in total. The van der Waals surface area contributed by atoms with E-state index in [9.17, 15) is 4.79 Å². The highest BCUT2D eigenvalue weighted by atomic mass is 16.5. The van der Waals surface area contributed by atoms with Crippen LogP contribution >= 0.6 is 0 Å². The van der Waals surface area contributed by atoms with Crippen LogP contribution in [0.2, 0.25) is 0 Å². The molecule has 0 bridgehead atoms. The number of benzene rings is 1. The monoisotopic (exact) mass is 371 g/mol. The number of anilines is 2. The van der Waals surface area contributed by atoms with E-state index in [4.69, 9.17) is 9.47 Å². The predicted octanol–water partition coefficient (Wildman–Crippen LogP) is 2.34. The summed E-state index contributed by atoms with van der Waals surface area (Å²) in [7, 11) is 0. The molecule has 2 amide bonds. The quantitative estimate of drug-likeness (QED) is 0.810. The summed E-state index contributed by atoms with van der Waals surface area (Å²) in [5, 5.41) is 5.65. The highest BCUT2D eigenvalue weighted by Crippen LogP contribution is 2.23. The van der Waals surface area contributed by atoms with Gasteiger partial charge in [-0.25, -0.2) is 14.8 Å². The summed E-state index contributed by atoms with van der Waals surface area (Å²) < 4.78 is 10.9. The fourth-order valence-corrected chi connectivity index (χ4v) is 2.80. The Kier molecular flexibility index (Phi) is 6.43. The van der Waals surface area contributed by atoms with Gasteiger partial charge < -0.3 is 25.0 Å². The fourth-order valence-electron chi connectivity index (χ4n) is 2.80. The molecule has 1 aromatic heterocycles. The fraction of sp³-hybridized carbons (Fsp3) is 0.421. The first-order chi connectivity index (χ1) is 13.2. The molecule has 2 N–H and O–H groups in total. The number of hydrogen-bond donors (Lipinski definition) is 2. The SMILES string of the molecule is CCOc1ccccc1NC(=O)NCc1cc(C)nc(N2CCOCC2)n1. The highest BCUT2D eigenvalue weighted by Gasteiger charge is 2.15. The second-order valence-corrected chi connectivity index (χ2v) is 6.14. The van der Waals surface area contributed by atoms with Gasteiger partial charge in [0.05, 0.1) is 37.7 Å². The zero-order valence-electron chi connectivity index (χ0n) is 15.7. The number of ether oxygens (including phenoxy) is 2. The minimum Gasteiger partial charge on any atom is -0.492 e. The molecule has 0 spiro atoms. The number of rotatable bonds is 6. The lowest BCUT2D eigenvalue weighted by atomic mass is 10.3. The van der Waals surface area contributed by atoms with Gasteiger partial charge in [0, 0.05) is 18.8 Å². The van der Waals surface area contributed by atoms with E-state index in [1.165, 1.54) is 0 Å². The average Bonchev–Trinajstić information content (AvgIpc) is 2.68. The molecule has 0 atom stereocenters. The molecular formula is C19H25N5O3. The number of amides is 2. The van der Waals surface area contributed by atoms with Crippen molar-refractivity contribution in [1.29, 1.82) is 0 Å². The largest absolute Gasteiger partial charge is 0.492 e. The Hall–Kier alpha value is -2.87. The number of morpholine rings is 1. The van der Waals surface area contributed by atoms with Crippen LogP contribution in [0, 0.1) is 6.92 Å². The van der Waals surface area contributed by atoms with Crippen molar-refractivity contribution < 1.29 is 14.3 Å². The van der Waals surface area contributed by atoms with Crippen LogP contribution in [0.5, 0.6) is 5.75 Å². The lowest BCUT2D eigenvalue weighted by Crippen LogP contribution is -2.37. The van der Waals surface area contributed by atoms with Gasteiger partial charge in [0.15, 0.2) is 0 Å². The molecule has 144 valence electrons. The Labute approximate surface area is 158 Å². The molecule has 27 heavy (non-hydrogen) atoms. The summed E-state index contributed by atoms with van der Waals surface area (Å²) >= 11 is 0. The molecule has 1 fully saturated rings. The molecule has 2 heterocycles. The van der Waals surface area contributed by atoms with E-state index in [2.05, 4.69) is 25.5 Å². The van der Waals surface area contributed by atoms with E-state index in [1.54, 1.807) is 6.07 Å². The van der Waals surface area contributed by atoms with Gasteiger partial charge in [-0.05, 0) is 32.0 Å². The molecule has 0 saturated carbocycles. The number of para-hydroxylation sites is 2. The number of nitrogens with zero attached hydrogens (tertiary/aromatic N) is 3. The first-order valence-corrected chi connectivity index (χ1v) is 9.09. The van der Waals surface area contributed by atoms with Gasteiger partial charge in [-0.15, -0.1) is 0 Å². The second-order valence-electron chi connectivity index (χ2n) is 6.14. The Bertz CT molecular complexity index is 778. The number of aromatic nitrogens is 2. The van der Waals surface area contributed by atoms with E-state index in [-0.39, 0.29) is 6.03 Å². The zero-order valence-corrected chi connectivity index (χ0v) is 15.7. The zero-order chi connectivity index (χ0) is 19.1. The Balaban J connectivity index is 1.61. The highest BCUT2D eigenvalue weighted by molar-refractivity contribution is 5.90. The van der Waals surface area contributed by atoms with Gasteiger partial charge >= 0.3 is 6.03 Å². The van der Waals surface area contributed by atoms with Gasteiger partial charge in [-0.1, -0.05) is 12.1 Å². The smallest absolute Gasteiger partial charge is 0.319 e. The maximum atomic E-state index is 12.3. The van der Waals surface area contributed by atoms with Crippen LogP contribution in [0.1, 0.15) is 18.3 Å². The van der Waals surface area contributed by atoms with Crippen LogP contribution in [-0.4, -0.2) is 48.9 Å². The summed E-state index contributed by atoms with van der Waals surface area (Å²) in [4.78, 5) is 23.4. The molecular weight excluding hydrogens is 346 g/mol. The van der Waals surface area contributed by atoms with Crippen LogP contribution in [0.15, 0.2) is 30.3 Å². The first-order valence-electron chi connectivity index (χ1n) is 9.09. The Morgan fingerprint density at radius 3 is 2.81 bits per heavy atom. The molecule has 0 unspecified atom stereocenters. The van der Waals surface area contributed by atoms with Gasteiger partial charge in [-0.3, -0.25) is 0 Å². The third-order valence-corrected chi connectivity index (χ3v) is 4.05. The minimum atomic E-state index is -0.314. The first kappa shape index (κ1) is 18.9. The molecule has 1 saturated heterocycles. The van der Waals surface area contributed by atoms with E-state index in [1.807, 2.05) is 38.1 Å². The molecule has 1 aromatic carbocycles. The van der Waals surface area contributed by atoms with E-state index < -0.39 is 0 Å². The second kappa shape index (κ2) is 9.18. The number of carbonyl (C=O) groups is 1. The third kappa shape index (κ3) is 5.30. The maximum Gasteiger partial charge on any atom is 0.319 e. The van der Waals surface area contributed by atoms with E-state index in [0.29, 0.717) is 43.8 Å². The molecule has 0 radical (unpaired) electrons. The van der Waals surface area contributed by atoms with Gasteiger partial charge in [0.25, 0.3) is 0 Å². The van der Waals surface area contributed by atoms with Crippen molar-refractivity contribution in [1.82, 2.24) is 15.3 Å². The van der Waals surface area contributed by atoms with Gasteiger partial charge in [-0.2, -0.15) is 0 Å². The summed E-state index contributed by atoms with van der Waals surface area (Å²) in [6.45, 7) is 7.55. The van der Waals surface area contributed by atoms with Crippen molar-refractivity contribution in [2.45, 2.75) is 20.4 Å². The number of carbonyl (C=O) groups excluding carboxylic acids is 1. The van der Waals surface area contributed by atoms with Crippen LogP contribution in [0.4, 0.5) is 16.4 Å². The van der Waals surface area contributed by atoms with Crippen molar-refractivity contribution in [2.75, 3.05) is 43.1 Å². The van der Waals surface area contributed by atoms with Crippen LogP contribution in [0.25, 0.3) is 0 Å². The van der Waals surface area contributed by atoms with Gasteiger partial charge in [0.2, 0.25) is 5.95 Å². The van der Waals surface area contributed by atoms with Crippen molar-refractivity contribution in [3.8, 4) is 5.75 Å². The number of aryl methyl sites for hydroxylation is 1. The summed E-state index contributed by atoms with van der Waals surface area (Å²) in [5.41, 5.74) is 2.26. The normalized spacial score (nSPS) is 13.9. The van der Waals surface area contributed by atoms with Crippen LogP contribution in [0.3, 0.4) is 0 Å². The van der Waals surface area contributed by atoms with E-state index >= 15 is 0 Å². The summed E-state index contributed by atoms with van der Waals surface area (Å²) in [6.07, 6.45) is 0. The van der Waals surface area contributed by atoms with Crippen LogP contribution < -0.4 is 20.3 Å². The third-order valence-electron chi connectivity index (χ3n) is 4.05. The standard InChI is InChI=1S/C19H25N5O3/c1-3-27-17-7-5-4-6-16(17)23-19(25)20-13-15-12-14(2)21-18(22-15)24-8-10-26-11-9-24/h4-7,12H,3,8-11,13H2,1-2H3,(H2,20,23,25). The van der Waals surface area contributed by atoms with Crippen molar-refractivity contribution in [2.24, 2.45) is 0 Å². The lowest BCUT2D eigenvalue weighted by molar-refractivity contribution is 0.122. The molecule has 2 aromatic rings. The Morgan fingerprint density at radius 2 is 2.04 bits per heavy atom. The minimum absolute atomic E-state index is 0.309.